The summed E-state index contributed by atoms with van der Waals surface area (Å²) in [5.74, 6) is 0.686. The number of aromatic nitrogens is 5. The Morgan fingerprint density at radius 1 is 1.18 bits per heavy atom. The minimum Gasteiger partial charge on any atom is -0.465 e. The Kier molecular flexibility index (Phi) is 5.95. The molecule has 1 aliphatic rings. The van der Waals surface area contributed by atoms with Crippen molar-refractivity contribution < 1.29 is 9.21 Å². The summed E-state index contributed by atoms with van der Waals surface area (Å²) in [6, 6.07) is 13.0. The SMILES string of the molecule is C=CCN(C(=O)/C(=C/c1ccco1)n1nnnc1-c1ccccc1)c1nc2c(s1)CCCC2. The first kappa shape index (κ1) is 21.0. The van der Waals surface area contributed by atoms with Gasteiger partial charge in [-0.05, 0) is 48.2 Å². The third kappa shape index (κ3) is 4.27. The lowest BCUT2D eigenvalue weighted by molar-refractivity contribution is -0.113. The van der Waals surface area contributed by atoms with Crippen molar-refractivity contribution in [2.75, 3.05) is 11.4 Å². The molecule has 3 aromatic heterocycles. The highest BCUT2D eigenvalue weighted by Gasteiger charge is 2.28. The van der Waals surface area contributed by atoms with Gasteiger partial charge in [-0.25, -0.2) is 4.98 Å². The second-order valence-corrected chi connectivity index (χ2v) is 8.67. The molecule has 1 amide bonds. The number of hydrogen-bond acceptors (Lipinski definition) is 7. The van der Waals surface area contributed by atoms with E-state index in [0.29, 0.717) is 23.3 Å². The summed E-state index contributed by atoms with van der Waals surface area (Å²) in [6.07, 6.45) is 9.13. The first-order chi connectivity index (χ1) is 16.2. The fraction of sp³-hybridized carbons (Fsp3) is 0.208. The highest BCUT2D eigenvalue weighted by atomic mass is 32.1. The molecule has 0 saturated heterocycles. The van der Waals surface area contributed by atoms with Gasteiger partial charge in [0.05, 0.1) is 12.0 Å². The minimum absolute atomic E-state index is 0.254. The Morgan fingerprint density at radius 3 is 2.79 bits per heavy atom. The lowest BCUT2D eigenvalue weighted by Crippen LogP contribution is -2.33. The van der Waals surface area contributed by atoms with Crippen LogP contribution in [-0.4, -0.2) is 37.6 Å². The quantitative estimate of drug-likeness (QED) is 0.299. The average Bonchev–Trinajstić information content (AvgIpc) is 3.61. The van der Waals surface area contributed by atoms with Crippen LogP contribution in [0.3, 0.4) is 0 Å². The maximum atomic E-state index is 14.0. The van der Waals surface area contributed by atoms with E-state index in [0.717, 1.165) is 36.9 Å². The maximum absolute atomic E-state index is 14.0. The second kappa shape index (κ2) is 9.33. The van der Waals surface area contributed by atoms with Gasteiger partial charge < -0.3 is 4.42 Å². The van der Waals surface area contributed by atoms with E-state index in [2.05, 4.69) is 22.1 Å². The molecular weight excluding hydrogens is 436 g/mol. The summed E-state index contributed by atoms with van der Waals surface area (Å²) >= 11 is 1.57. The molecule has 0 N–H and O–H groups in total. The van der Waals surface area contributed by atoms with E-state index in [-0.39, 0.29) is 11.6 Å². The molecule has 5 rings (SSSR count). The first-order valence-electron chi connectivity index (χ1n) is 10.8. The normalized spacial score (nSPS) is 13.5. The van der Waals surface area contributed by atoms with Crippen LogP contribution in [0.5, 0.6) is 0 Å². The standard InChI is InChI=1S/C24H22N6O2S/c1-2-14-29(24-25-19-12-6-7-13-21(19)33-24)23(31)20(16-18-11-8-15-32-18)30-22(26-27-28-30)17-9-4-3-5-10-17/h2-5,8-11,15-16H,1,6-7,12-14H2/b20-16-. The Labute approximate surface area is 194 Å². The predicted octanol–water partition coefficient (Wildman–Crippen LogP) is 4.49. The molecule has 0 unspecified atom stereocenters. The number of anilines is 1. The molecule has 0 fully saturated rings. The van der Waals surface area contributed by atoms with Crippen molar-refractivity contribution in [3.05, 3.63) is 77.7 Å². The summed E-state index contributed by atoms with van der Waals surface area (Å²) in [5, 5.41) is 12.8. The summed E-state index contributed by atoms with van der Waals surface area (Å²) in [7, 11) is 0. The van der Waals surface area contributed by atoms with Crippen molar-refractivity contribution in [3.63, 3.8) is 0 Å². The predicted molar refractivity (Wildman–Crippen MR) is 127 cm³/mol. The van der Waals surface area contributed by atoms with Crippen LogP contribution >= 0.6 is 11.3 Å². The smallest absolute Gasteiger partial charge is 0.279 e. The summed E-state index contributed by atoms with van der Waals surface area (Å²) in [6.45, 7) is 4.16. The first-order valence-corrected chi connectivity index (χ1v) is 11.6. The molecule has 0 spiro atoms. The van der Waals surface area contributed by atoms with Gasteiger partial charge in [0, 0.05) is 23.1 Å². The van der Waals surface area contributed by atoms with Crippen LogP contribution in [0.25, 0.3) is 23.2 Å². The molecule has 166 valence electrons. The number of nitrogens with zero attached hydrogens (tertiary/aromatic N) is 6. The van der Waals surface area contributed by atoms with Gasteiger partial charge in [0.25, 0.3) is 5.91 Å². The van der Waals surface area contributed by atoms with Gasteiger partial charge in [0.1, 0.15) is 11.5 Å². The van der Waals surface area contributed by atoms with Gasteiger partial charge in [-0.3, -0.25) is 9.69 Å². The molecule has 0 bridgehead atoms. The van der Waals surface area contributed by atoms with E-state index in [9.17, 15) is 4.79 Å². The van der Waals surface area contributed by atoms with Crippen LogP contribution in [0.1, 0.15) is 29.2 Å². The van der Waals surface area contributed by atoms with E-state index in [1.807, 2.05) is 30.3 Å². The van der Waals surface area contributed by atoms with Crippen molar-refractivity contribution in [2.45, 2.75) is 25.7 Å². The number of amides is 1. The zero-order valence-electron chi connectivity index (χ0n) is 17.9. The molecule has 1 aromatic carbocycles. The molecule has 3 heterocycles. The molecule has 0 aliphatic heterocycles. The zero-order valence-corrected chi connectivity index (χ0v) is 18.7. The van der Waals surface area contributed by atoms with Crippen molar-refractivity contribution in [1.82, 2.24) is 25.2 Å². The van der Waals surface area contributed by atoms with Crippen LogP contribution in [0.4, 0.5) is 5.13 Å². The third-order valence-corrected chi connectivity index (χ3v) is 6.57. The number of hydrogen-bond donors (Lipinski definition) is 0. The fourth-order valence-corrected chi connectivity index (χ4v) is 4.96. The number of fused-ring (bicyclic) bond motifs is 1. The van der Waals surface area contributed by atoms with Crippen molar-refractivity contribution in [2.24, 2.45) is 0 Å². The fourth-order valence-electron chi connectivity index (χ4n) is 3.81. The number of benzene rings is 1. The van der Waals surface area contributed by atoms with E-state index >= 15 is 0 Å². The highest BCUT2D eigenvalue weighted by molar-refractivity contribution is 7.16. The lowest BCUT2D eigenvalue weighted by Gasteiger charge is -2.20. The van der Waals surface area contributed by atoms with Gasteiger partial charge in [-0.15, -0.1) is 23.0 Å². The highest BCUT2D eigenvalue weighted by Crippen LogP contribution is 2.33. The summed E-state index contributed by atoms with van der Waals surface area (Å²) in [4.78, 5) is 21.6. The lowest BCUT2D eigenvalue weighted by atomic mass is 10.0. The molecule has 33 heavy (non-hydrogen) atoms. The molecule has 0 radical (unpaired) electrons. The molecule has 1 aliphatic carbocycles. The number of thiazole rings is 1. The Hall–Kier alpha value is -3.85. The largest absolute Gasteiger partial charge is 0.465 e. The van der Waals surface area contributed by atoms with Crippen LogP contribution in [0.2, 0.25) is 0 Å². The van der Waals surface area contributed by atoms with E-state index in [1.165, 1.54) is 9.56 Å². The summed E-state index contributed by atoms with van der Waals surface area (Å²) in [5.41, 5.74) is 2.14. The molecule has 8 nitrogen and oxygen atoms in total. The molecule has 0 atom stereocenters. The van der Waals surface area contributed by atoms with Crippen LogP contribution < -0.4 is 4.90 Å². The molecular formula is C24H22N6O2S. The molecule has 4 aromatic rings. The number of rotatable bonds is 7. The van der Waals surface area contributed by atoms with Crippen molar-refractivity contribution in [1.29, 1.82) is 0 Å². The number of furan rings is 1. The van der Waals surface area contributed by atoms with Crippen LogP contribution in [0, 0.1) is 0 Å². The minimum atomic E-state index is -0.290. The number of aryl methyl sites for hydroxylation is 2. The van der Waals surface area contributed by atoms with Gasteiger partial charge in [-0.2, -0.15) is 4.68 Å². The van der Waals surface area contributed by atoms with E-state index in [4.69, 9.17) is 9.40 Å². The molecule has 9 heteroatoms. The van der Waals surface area contributed by atoms with Gasteiger partial charge >= 0.3 is 0 Å². The van der Waals surface area contributed by atoms with Crippen molar-refractivity contribution in [3.8, 4) is 11.4 Å². The second-order valence-electron chi connectivity index (χ2n) is 7.60. The van der Waals surface area contributed by atoms with Gasteiger partial charge in [-0.1, -0.05) is 36.4 Å². The van der Waals surface area contributed by atoms with Gasteiger partial charge in [0.15, 0.2) is 11.0 Å². The van der Waals surface area contributed by atoms with Crippen molar-refractivity contribution >= 4 is 34.1 Å². The van der Waals surface area contributed by atoms with Gasteiger partial charge in [0.2, 0.25) is 0 Å². The summed E-state index contributed by atoms with van der Waals surface area (Å²) < 4.78 is 6.96. The molecule has 0 saturated carbocycles. The number of carbonyl (C=O) groups is 1. The van der Waals surface area contributed by atoms with Crippen LogP contribution in [0.15, 0.2) is 65.8 Å². The Morgan fingerprint density at radius 2 is 2.03 bits per heavy atom. The Balaban J connectivity index is 1.60. The average molecular weight is 459 g/mol. The van der Waals surface area contributed by atoms with E-state index in [1.54, 1.807) is 46.8 Å². The Bertz CT molecular complexity index is 1270. The topological polar surface area (TPSA) is 89.9 Å². The zero-order chi connectivity index (χ0) is 22.6. The van der Waals surface area contributed by atoms with E-state index < -0.39 is 0 Å². The number of tetrazole rings is 1. The monoisotopic (exact) mass is 458 g/mol. The maximum Gasteiger partial charge on any atom is 0.279 e. The third-order valence-electron chi connectivity index (χ3n) is 5.39. The van der Waals surface area contributed by atoms with Crippen LogP contribution in [-0.2, 0) is 17.6 Å². The number of carbonyl (C=O) groups excluding carboxylic acids is 1.